The minimum atomic E-state index is -4.96. The van der Waals surface area contributed by atoms with Crippen LogP contribution in [0.5, 0.6) is 17.2 Å². The van der Waals surface area contributed by atoms with Crippen molar-refractivity contribution in [1.29, 1.82) is 0 Å². The Balaban J connectivity index is 1.52. The minimum absolute atomic E-state index is 0.0624. The minimum Gasteiger partial charge on any atom is -0.489 e. The topological polar surface area (TPSA) is 48.7 Å². The number of ether oxygens (including phenoxy) is 2. The predicted molar refractivity (Wildman–Crippen MR) is 127 cm³/mol. The third kappa shape index (κ3) is 4.81. The molecule has 0 spiro atoms. The molecule has 1 heterocycles. The van der Waals surface area contributed by atoms with E-state index in [1.54, 1.807) is 48.5 Å². The maximum absolute atomic E-state index is 13.9. The first-order valence-electron chi connectivity index (χ1n) is 10.5. The maximum Gasteiger partial charge on any atom is 0.453 e. The average molecular weight is 497 g/mol. The second-order valence-electron chi connectivity index (χ2n) is 7.77. The second-order valence-corrected chi connectivity index (χ2v) is 8.21. The molecular weight excluding hydrogens is 481 g/mol. The Kier molecular flexibility index (Phi) is 5.86. The van der Waals surface area contributed by atoms with Crippen molar-refractivity contribution < 1.29 is 27.1 Å². The van der Waals surface area contributed by atoms with Crippen molar-refractivity contribution in [2.75, 3.05) is 0 Å². The molecule has 0 N–H and O–H groups in total. The van der Waals surface area contributed by atoms with Crippen molar-refractivity contribution in [3.8, 4) is 17.2 Å². The van der Waals surface area contributed by atoms with E-state index in [1.807, 2.05) is 12.1 Å². The highest BCUT2D eigenvalue weighted by Crippen LogP contribution is 2.39. The van der Waals surface area contributed by atoms with Crippen molar-refractivity contribution in [2.24, 2.45) is 0 Å². The molecule has 4 aromatic carbocycles. The lowest BCUT2D eigenvalue weighted by Gasteiger charge is -2.14. The molecule has 0 saturated heterocycles. The van der Waals surface area contributed by atoms with Gasteiger partial charge < -0.3 is 13.9 Å². The first kappa shape index (κ1) is 22.8. The van der Waals surface area contributed by atoms with Crippen molar-refractivity contribution in [3.63, 3.8) is 0 Å². The monoisotopic (exact) mass is 496 g/mol. The first-order valence-corrected chi connectivity index (χ1v) is 10.9. The highest BCUT2D eigenvalue weighted by molar-refractivity contribution is 6.30. The molecule has 8 heteroatoms. The van der Waals surface area contributed by atoms with Gasteiger partial charge in [0.25, 0.3) is 5.76 Å². The fraction of sp³-hybridized carbons (Fsp3) is 0.0741. The largest absolute Gasteiger partial charge is 0.489 e. The SMILES string of the molecule is O=c1c(Oc2ccc3ccccc3c2)c(C(F)(F)F)oc2cc(OCc3ccc(Cl)cc3)ccc12. The quantitative estimate of drug-likeness (QED) is 0.247. The van der Waals surface area contributed by atoms with Gasteiger partial charge in [0.1, 0.15) is 23.7 Å². The highest BCUT2D eigenvalue weighted by atomic mass is 35.5. The van der Waals surface area contributed by atoms with Crippen LogP contribution in [-0.2, 0) is 12.8 Å². The van der Waals surface area contributed by atoms with E-state index in [0.717, 1.165) is 16.3 Å². The van der Waals surface area contributed by atoms with Crippen LogP contribution in [0.4, 0.5) is 13.2 Å². The summed E-state index contributed by atoms with van der Waals surface area (Å²) in [6, 6.07) is 23.1. The van der Waals surface area contributed by atoms with Gasteiger partial charge in [0, 0.05) is 11.1 Å². The van der Waals surface area contributed by atoms with E-state index >= 15 is 0 Å². The van der Waals surface area contributed by atoms with E-state index in [1.165, 1.54) is 24.3 Å². The summed E-state index contributed by atoms with van der Waals surface area (Å²) in [6.45, 7) is 0.155. The second kappa shape index (κ2) is 9.00. The van der Waals surface area contributed by atoms with E-state index in [2.05, 4.69) is 0 Å². The first-order chi connectivity index (χ1) is 16.8. The number of hydrogen-bond acceptors (Lipinski definition) is 4. The molecule has 0 saturated carbocycles. The number of fused-ring (bicyclic) bond motifs is 2. The maximum atomic E-state index is 13.9. The molecule has 1 aromatic heterocycles. The summed E-state index contributed by atoms with van der Waals surface area (Å²) in [4.78, 5) is 13.0. The van der Waals surface area contributed by atoms with E-state index in [9.17, 15) is 18.0 Å². The smallest absolute Gasteiger partial charge is 0.453 e. The summed E-state index contributed by atoms with van der Waals surface area (Å²) in [7, 11) is 0. The van der Waals surface area contributed by atoms with Crippen molar-refractivity contribution >= 4 is 33.3 Å². The third-order valence-electron chi connectivity index (χ3n) is 5.34. The molecule has 4 nitrogen and oxygen atoms in total. The van der Waals surface area contributed by atoms with Crippen LogP contribution in [0.15, 0.2) is 94.1 Å². The normalized spacial score (nSPS) is 11.7. The van der Waals surface area contributed by atoms with Crippen molar-refractivity contribution in [3.05, 3.63) is 111 Å². The van der Waals surface area contributed by atoms with Gasteiger partial charge in [-0.25, -0.2) is 0 Å². The zero-order valence-electron chi connectivity index (χ0n) is 17.9. The molecule has 0 atom stereocenters. The number of alkyl halides is 3. The van der Waals surface area contributed by atoms with Gasteiger partial charge in [0.05, 0.1) is 5.39 Å². The Morgan fingerprint density at radius 3 is 2.29 bits per heavy atom. The van der Waals surface area contributed by atoms with E-state index in [4.69, 9.17) is 25.5 Å². The molecule has 0 bridgehead atoms. The fourth-order valence-corrected chi connectivity index (χ4v) is 3.75. The van der Waals surface area contributed by atoms with Gasteiger partial charge in [-0.2, -0.15) is 13.2 Å². The number of hydrogen-bond donors (Lipinski definition) is 0. The zero-order chi connectivity index (χ0) is 24.6. The summed E-state index contributed by atoms with van der Waals surface area (Å²) in [5.74, 6) is -2.11. The molecule has 0 aliphatic rings. The standard InChI is InChI=1S/C27H16ClF3O4/c28-19-8-5-16(6-9-19)15-33-20-11-12-22-23(14-20)35-26(27(29,30)31)25(24(22)32)34-21-10-7-17-3-1-2-4-18(17)13-21/h1-14H,15H2. The average Bonchev–Trinajstić information content (AvgIpc) is 2.84. The molecule has 5 rings (SSSR count). The third-order valence-corrected chi connectivity index (χ3v) is 5.59. The molecule has 0 amide bonds. The van der Waals surface area contributed by atoms with Gasteiger partial charge in [-0.05, 0) is 52.7 Å². The van der Waals surface area contributed by atoms with Crippen LogP contribution >= 0.6 is 11.6 Å². The van der Waals surface area contributed by atoms with Crippen LogP contribution in [0.3, 0.4) is 0 Å². The Labute approximate surface area is 202 Å². The van der Waals surface area contributed by atoms with Crippen LogP contribution in [0, 0.1) is 0 Å². The summed E-state index contributed by atoms with van der Waals surface area (Å²) in [6.07, 6.45) is -4.96. The molecule has 176 valence electrons. The van der Waals surface area contributed by atoms with Gasteiger partial charge in [0.2, 0.25) is 11.2 Å². The number of rotatable bonds is 5. The van der Waals surface area contributed by atoms with Gasteiger partial charge in [-0.3, -0.25) is 4.79 Å². The molecule has 0 aliphatic heterocycles. The highest BCUT2D eigenvalue weighted by Gasteiger charge is 2.40. The molecule has 0 radical (unpaired) electrons. The summed E-state index contributed by atoms with van der Waals surface area (Å²) in [5, 5.41) is 2.15. The Hall–Kier alpha value is -3.97. The summed E-state index contributed by atoms with van der Waals surface area (Å²) >= 11 is 5.87. The van der Waals surface area contributed by atoms with E-state index in [-0.39, 0.29) is 29.1 Å². The Morgan fingerprint density at radius 1 is 0.829 bits per heavy atom. The number of benzene rings is 4. The van der Waals surface area contributed by atoms with Gasteiger partial charge >= 0.3 is 6.18 Å². The molecule has 0 unspecified atom stereocenters. The molecule has 5 aromatic rings. The lowest BCUT2D eigenvalue weighted by Crippen LogP contribution is -2.15. The van der Waals surface area contributed by atoms with Crippen molar-refractivity contribution in [2.45, 2.75) is 12.8 Å². The van der Waals surface area contributed by atoms with Gasteiger partial charge in [-0.1, -0.05) is 54.1 Å². The Bertz CT molecular complexity index is 1590. The lowest BCUT2D eigenvalue weighted by atomic mass is 10.1. The lowest BCUT2D eigenvalue weighted by molar-refractivity contribution is -0.154. The van der Waals surface area contributed by atoms with E-state index in [0.29, 0.717) is 5.02 Å². The predicted octanol–water partition coefficient (Wildman–Crippen LogP) is 7.99. The van der Waals surface area contributed by atoms with Crippen LogP contribution in [-0.4, -0.2) is 0 Å². The van der Waals surface area contributed by atoms with E-state index < -0.39 is 23.1 Å². The summed E-state index contributed by atoms with van der Waals surface area (Å²) in [5.41, 5.74) is -0.385. The fourth-order valence-electron chi connectivity index (χ4n) is 3.62. The van der Waals surface area contributed by atoms with Crippen LogP contribution in [0.25, 0.3) is 21.7 Å². The van der Waals surface area contributed by atoms with Gasteiger partial charge in [-0.15, -0.1) is 0 Å². The van der Waals surface area contributed by atoms with Gasteiger partial charge in [0.15, 0.2) is 0 Å². The molecular formula is C27H16ClF3O4. The van der Waals surface area contributed by atoms with Crippen molar-refractivity contribution in [1.82, 2.24) is 0 Å². The molecule has 0 fully saturated rings. The number of halogens is 4. The summed E-state index contributed by atoms with van der Waals surface area (Å²) < 4.78 is 57.9. The van der Waals surface area contributed by atoms with Crippen LogP contribution in [0.2, 0.25) is 5.02 Å². The van der Waals surface area contributed by atoms with Crippen LogP contribution in [0.1, 0.15) is 11.3 Å². The molecule has 0 aliphatic carbocycles. The Morgan fingerprint density at radius 2 is 1.54 bits per heavy atom. The van der Waals surface area contributed by atoms with Crippen LogP contribution < -0.4 is 14.9 Å². The zero-order valence-corrected chi connectivity index (χ0v) is 18.7. The molecule has 35 heavy (non-hydrogen) atoms.